The summed E-state index contributed by atoms with van der Waals surface area (Å²) in [6.07, 6.45) is -4.06. The molecule has 136 valence electrons. The molecule has 24 heavy (non-hydrogen) atoms. The fraction of sp³-hybridized carbons (Fsp3) is 0.833. The van der Waals surface area contributed by atoms with Gasteiger partial charge in [0.2, 0.25) is 0 Å². The largest absolute Gasteiger partial charge is 0.492 e. The lowest BCUT2D eigenvalue weighted by Gasteiger charge is -2.37. The van der Waals surface area contributed by atoms with E-state index in [1.807, 2.05) is 0 Å². The van der Waals surface area contributed by atoms with Crippen LogP contribution in [0, 0.1) is 5.89 Å². The second-order valence-corrected chi connectivity index (χ2v) is 8.26. The van der Waals surface area contributed by atoms with Gasteiger partial charge in [-0.15, -0.1) is 0 Å². The van der Waals surface area contributed by atoms with Gasteiger partial charge < -0.3 is 14.0 Å². The molecule has 2 aliphatic rings. The summed E-state index contributed by atoms with van der Waals surface area (Å²) in [6, 6.07) is -2.12. The zero-order chi connectivity index (χ0) is 23.0. The number of hydrogen-bond donors (Lipinski definition) is 0. The van der Waals surface area contributed by atoms with Gasteiger partial charge in [-0.3, -0.25) is 4.90 Å². The average molecular weight is 342 g/mol. The number of ether oxygens (including phenoxy) is 1. The fourth-order valence-electron chi connectivity index (χ4n) is 2.26. The highest BCUT2D eigenvalue weighted by Crippen LogP contribution is 2.41. The first-order chi connectivity index (χ1) is 12.6. The Balaban J connectivity index is 2.70. The van der Waals surface area contributed by atoms with Crippen molar-refractivity contribution < 1.29 is 25.7 Å². The van der Waals surface area contributed by atoms with E-state index in [9.17, 15) is 4.79 Å². The minimum Gasteiger partial charge on any atom is -0.443 e. The quantitative estimate of drug-likeness (QED) is 0.671. The van der Waals surface area contributed by atoms with Crippen molar-refractivity contribution in [2.75, 3.05) is 0 Å². The maximum atomic E-state index is 12.9. The Hall–Kier alpha value is -1.01. The summed E-state index contributed by atoms with van der Waals surface area (Å²) >= 11 is 0. The third kappa shape index (κ3) is 3.80. The van der Waals surface area contributed by atoms with Crippen molar-refractivity contribution in [3.8, 4) is 0 Å². The molecule has 2 heterocycles. The van der Waals surface area contributed by atoms with Crippen LogP contribution < -0.4 is 0 Å². The Morgan fingerprint density at radius 3 is 2.33 bits per heavy atom. The van der Waals surface area contributed by atoms with Crippen LogP contribution in [-0.4, -0.2) is 40.9 Å². The van der Waals surface area contributed by atoms with Crippen LogP contribution in [0.2, 0.25) is 0 Å². The maximum absolute atomic E-state index is 12.9. The molecule has 0 N–H and O–H groups in total. The fourth-order valence-corrected chi connectivity index (χ4v) is 2.26. The third-order valence-corrected chi connectivity index (χ3v) is 4.50. The molecule has 0 aliphatic carbocycles. The van der Waals surface area contributed by atoms with Gasteiger partial charge in [0, 0.05) is 16.3 Å². The second kappa shape index (κ2) is 6.06. The Labute approximate surface area is 153 Å². The predicted octanol–water partition coefficient (Wildman–Crippen LogP) is 4.17. The van der Waals surface area contributed by atoms with Crippen LogP contribution in [0.3, 0.4) is 0 Å². The molecule has 2 atom stereocenters. The van der Waals surface area contributed by atoms with Crippen molar-refractivity contribution in [3.05, 3.63) is 11.6 Å². The summed E-state index contributed by atoms with van der Waals surface area (Å²) in [5.41, 5.74) is -2.81. The molecule has 1 saturated heterocycles. The first-order valence-electron chi connectivity index (χ1n) is 10.7. The molecule has 0 saturated carbocycles. The summed E-state index contributed by atoms with van der Waals surface area (Å²) in [6.45, 7) is 14.6. The van der Waals surface area contributed by atoms with Gasteiger partial charge in [0.15, 0.2) is 0 Å². The summed E-state index contributed by atoms with van der Waals surface area (Å²) < 4.78 is 60.6. The number of carbonyl (C=O) groups is 1. The van der Waals surface area contributed by atoms with E-state index in [0.29, 0.717) is 4.90 Å². The zero-order valence-electron chi connectivity index (χ0n) is 21.2. The van der Waals surface area contributed by atoms with E-state index >= 15 is 0 Å². The molecule has 0 bridgehead atoms. The molecule has 2 rings (SSSR count). The molecular formula is C18H32BNO4. The molecule has 5 nitrogen and oxygen atoms in total. The lowest BCUT2D eigenvalue weighted by Crippen LogP contribution is -2.45. The van der Waals surface area contributed by atoms with Crippen LogP contribution in [0.1, 0.15) is 75.5 Å². The van der Waals surface area contributed by atoms with Crippen molar-refractivity contribution >= 4 is 13.2 Å². The minimum atomic E-state index is -2.49. The molecule has 0 aromatic rings. The molecule has 1 amide bonds. The van der Waals surface area contributed by atoms with E-state index in [1.54, 1.807) is 48.5 Å². The summed E-state index contributed by atoms with van der Waals surface area (Å²) in [5.74, 6) is -2.15. The molecule has 1 fully saturated rings. The standard InChI is InChI=1S/C18H32BNO4/c1-12-10-14(19-23-17(6,7)18(8,9)24-19)11-20(13(12)2)15(21)22-16(3,4)5/h11-13H,10H2,1-9H3/i10D2,11D,12D,13D. The molecule has 2 unspecified atom stereocenters. The smallest absolute Gasteiger partial charge is 0.443 e. The minimum absolute atomic E-state index is 0.302. The van der Waals surface area contributed by atoms with E-state index in [-0.39, 0.29) is 5.47 Å². The Morgan fingerprint density at radius 1 is 1.38 bits per heavy atom. The number of amides is 1. The van der Waals surface area contributed by atoms with Crippen molar-refractivity contribution in [1.82, 2.24) is 4.90 Å². The Bertz CT molecular complexity index is 727. The summed E-state index contributed by atoms with van der Waals surface area (Å²) in [7, 11) is -1.28. The normalized spacial score (nSPS) is 41.1. The highest BCUT2D eigenvalue weighted by Gasteiger charge is 2.53. The van der Waals surface area contributed by atoms with Gasteiger partial charge in [0.25, 0.3) is 0 Å². The third-order valence-electron chi connectivity index (χ3n) is 4.50. The molecule has 0 aromatic heterocycles. The van der Waals surface area contributed by atoms with Crippen molar-refractivity contribution in [2.24, 2.45) is 5.89 Å². The van der Waals surface area contributed by atoms with Crippen LogP contribution in [0.15, 0.2) is 11.6 Å². The van der Waals surface area contributed by atoms with Crippen molar-refractivity contribution in [3.63, 3.8) is 0 Å². The first-order valence-corrected chi connectivity index (χ1v) is 8.20. The van der Waals surface area contributed by atoms with Crippen LogP contribution in [-0.2, 0) is 14.0 Å². The van der Waals surface area contributed by atoms with Gasteiger partial charge in [-0.25, -0.2) is 4.79 Å². The highest BCUT2D eigenvalue weighted by atomic mass is 16.7. The van der Waals surface area contributed by atoms with Crippen LogP contribution in [0.25, 0.3) is 0 Å². The summed E-state index contributed by atoms with van der Waals surface area (Å²) in [4.78, 5) is 13.6. The molecule has 6 heteroatoms. The van der Waals surface area contributed by atoms with Crippen molar-refractivity contribution in [1.29, 1.82) is 0 Å². The molecule has 2 aliphatic heterocycles. The Morgan fingerprint density at radius 2 is 1.88 bits per heavy atom. The van der Waals surface area contributed by atoms with Gasteiger partial charge in [-0.05, 0) is 73.1 Å². The van der Waals surface area contributed by atoms with E-state index in [0.717, 1.165) is 0 Å². The maximum Gasteiger partial charge on any atom is 0.492 e. The van der Waals surface area contributed by atoms with E-state index in [1.165, 1.54) is 13.8 Å². The van der Waals surface area contributed by atoms with E-state index in [2.05, 4.69) is 0 Å². The molecule has 0 radical (unpaired) electrons. The topological polar surface area (TPSA) is 48.0 Å². The predicted molar refractivity (Wildman–Crippen MR) is 95.5 cm³/mol. The molecule has 0 aromatic carbocycles. The van der Waals surface area contributed by atoms with E-state index in [4.69, 9.17) is 20.9 Å². The van der Waals surface area contributed by atoms with Gasteiger partial charge in [-0.2, -0.15) is 0 Å². The van der Waals surface area contributed by atoms with Crippen LogP contribution in [0.5, 0.6) is 0 Å². The lowest BCUT2D eigenvalue weighted by molar-refractivity contribution is 0.00578. The Kier molecular flexibility index (Phi) is 3.34. The first kappa shape index (κ1) is 13.2. The van der Waals surface area contributed by atoms with Crippen LogP contribution in [0.4, 0.5) is 4.79 Å². The number of hydrogen-bond acceptors (Lipinski definition) is 4. The SMILES string of the molecule is [2H]C1=C(B2OC(C)(C)C(C)(C)O2)C([2H])([2H])C([2H])(C)C([2H])(C)N1C(=O)OC(C)(C)C. The van der Waals surface area contributed by atoms with E-state index < -0.39 is 54.5 Å². The lowest BCUT2D eigenvalue weighted by atomic mass is 9.71. The number of allylic oxidation sites excluding steroid dienone is 1. The average Bonchev–Trinajstić information content (AvgIpc) is 2.62. The highest BCUT2D eigenvalue weighted by molar-refractivity contribution is 6.54. The number of rotatable bonds is 1. The zero-order valence-corrected chi connectivity index (χ0v) is 16.2. The van der Waals surface area contributed by atoms with Gasteiger partial charge in [0.05, 0.1) is 13.9 Å². The van der Waals surface area contributed by atoms with Crippen LogP contribution >= 0.6 is 0 Å². The second-order valence-electron chi connectivity index (χ2n) is 8.26. The van der Waals surface area contributed by atoms with Crippen molar-refractivity contribution in [2.45, 2.75) is 91.5 Å². The molecule has 0 spiro atoms. The molecular weight excluding hydrogens is 305 g/mol. The van der Waals surface area contributed by atoms with Gasteiger partial charge >= 0.3 is 13.2 Å². The number of nitrogens with zero attached hydrogens (tertiary/aromatic N) is 1. The van der Waals surface area contributed by atoms with Gasteiger partial charge in [-0.1, -0.05) is 6.92 Å². The monoisotopic (exact) mass is 342 g/mol. The number of carbonyl (C=O) groups excluding carboxylic acids is 1. The summed E-state index contributed by atoms with van der Waals surface area (Å²) in [5, 5.41) is 0. The van der Waals surface area contributed by atoms with Gasteiger partial charge in [0.1, 0.15) is 5.60 Å².